The van der Waals surface area contributed by atoms with Crippen molar-refractivity contribution in [3.05, 3.63) is 33.3 Å². The van der Waals surface area contributed by atoms with Crippen LogP contribution < -0.4 is 11.3 Å². The van der Waals surface area contributed by atoms with Crippen LogP contribution in [-0.2, 0) is 0 Å². The highest BCUT2D eigenvalue weighted by molar-refractivity contribution is 14.1. The summed E-state index contributed by atoms with van der Waals surface area (Å²) in [5.74, 6) is 5.79. The SMILES string of the molecule is NNc1cc(C2CC2)nc2c(I)cc(F)cc12. The molecule has 1 aromatic heterocycles. The lowest BCUT2D eigenvalue weighted by Crippen LogP contribution is -2.08. The fraction of sp³-hybridized carbons (Fsp3) is 0.250. The number of nitrogens with one attached hydrogen (secondary N) is 1. The Kier molecular flexibility index (Phi) is 2.67. The number of fused-ring (bicyclic) bond motifs is 1. The largest absolute Gasteiger partial charge is 0.323 e. The van der Waals surface area contributed by atoms with Crippen molar-refractivity contribution in [2.45, 2.75) is 18.8 Å². The minimum Gasteiger partial charge on any atom is -0.323 e. The van der Waals surface area contributed by atoms with Gasteiger partial charge in [0.05, 0.1) is 11.2 Å². The molecule has 0 atom stereocenters. The molecule has 2 aromatic rings. The molecule has 17 heavy (non-hydrogen) atoms. The van der Waals surface area contributed by atoms with Crippen LogP contribution in [0.4, 0.5) is 10.1 Å². The number of anilines is 1. The Morgan fingerprint density at radius 3 is 2.76 bits per heavy atom. The standard InChI is InChI=1S/C12H11FIN3/c13-7-3-8-11(17-15)5-10(6-1-2-6)16-12(8)9(14)4-7/h3-6H,1-2,15H2,(H,16,17). The van der Waals surface area contributed by atoms with E-state index in [4.69, 9.17) is 5.84 Å². The Bertz CT molecular complexity index is 596. The van der Waals surface area contributed by atoms with Crippen LogP contribution in [0.15, 0.2) is 18.2 Å². The van der Waals surface area contributed by atoms with Crippen LogP contribution in [0.25, 0.3) is 10.9 Å². The second kappa shape index (κ2) is 4.06. The molecule has 0 aliphatic heterocycles. The summed E-state index contributed by atoms with van der Waals surface area (Å²) in [6, 6.07) is 4.89. The quantitative estimate of drug-likeness (QED) is 0.500. The molecule has 1 heterocycles. The molecule has 3 N–H and O–H groups in total. The van der Waals surface area contributed by atoms with Crippen molar-refractivity contribution < 1.29 is 4.39 Å². The average molecular weight is 343 g/mol. The van der Waals surface area contributed by atoms with E-state index in [2.05, 4.69) is 33.0 Å². The average Bonchev–Trinajstić information content (AvgIpc) is 3.11. The molecular formula is C12H11FIN3. The molecule has 1 fully saturated rings. The zero-order valence-electron chi connectivity index (χ0n) is 9.00. The number of nitrogen functional groups attached to an aromatic ring is 1. The third-order valence-corrected chi connectivity index (χ3v) is 3.82. The van der Waals surface area contributed by atoms with Crippen LogP contribution in [0.2, 0.25) is 0 Å². The van der Waals surface area contributed by atoms with Gasteiger partial charge in [-0.3, -0.25) is 10.8 Å². The summed E-state index contributed by atoms with van der Waals surface area (Å²) in [5, 5.41) is 0.737. The van der Waals surface area contributed by atoms with E-state index in [9.17, 15) is 4.39 Å². The van der Waals surface area contributed by atoms with Crippen molar-refractivity contribution in [1.82, 2.24) is 4.98 Å². The molecule has 0 spiro atoms. The lowest BCUT2D eigenvalue weighted by atomic mass is 10.1. The Balaban J connectivity index is 2.31. The van der Waals surface area contributed by atoms with E-state index < -0.39 is 0 Å². The fourth-order valence-corrected chi connectivity index (χ4v) is 2.69. The van der Waals surface area contributed by atoms with Crippen LogP contribution in [0, 0.1) is 9.39 Å². The molecule has 1 saturated carbocycles. The molecule has 1 aliphatic carbocycles. The Hall–Kier alpha value is -0.950. The van der Waals surface area contributed by atoms with Gasteiger partial charge in [0.25, 0.3) is 0 Å². The molecule has 0 radical (unpaired) electrons. The lowest BCUT2D eigenvalue weighted by Gasteiger charge is -2.10. The number of hydrazine groups is 1. The molecular weight excluding hydrogens is 332 g/mol. The normalized spacial score (nSPS) is 15.2. The van der Waals surface area contributed by atoms with Gasteiger partial charge in [-0.2, -0.15) is 0 Å². The van der Waals surface area contributed by atoms with Crippen LogP contribution in [0.5, 0.6) is 0 Å². The molecule has 1 aromatic carbocycles. The molecule has 0 amide bonds. The van der Waals surface area contributed by atoms with E-state index in [0.29, 0.717) is 5.92 Å². The third-order valence-electron chi connectivity index (χ3n) is 3.00. The maximum atomic E-state index is 13.4. The first-order valence-electron chi connectivity index (χ1n) is 5.45. The minimum absolute atomic E-state index is 0.264. The van der Waals surface area contributed by atoms with E-state index >= 15 is 0 Å². The van der Waals surface area contributed by atoms with Gasteiger partial charge in [-0.15, -0.1) is 0 Å². The number of hydrogen-bond acceptors (Lipinski definition) is 3. The van der Waals surface area contributed by atoms with Crippen molar-refractivity contribution in [1.29, 1.82) is 0 Å². The Morgan fingerprint density at radius 2 is 2.12 bits per heavy atom. The maximum Gasteiger partial charge on any atom is 0.125 e. The number of halogens is 2. The summed E-state index contributed by atoms with van der Waals surface area (Å²) in [4.78, 5) is 4.62. The number of pyridine rings is 1. The van der Waals surface area contributed by atoms with E-state index in [-0.39, 0.29) is 5.82 Å². The molecule has 0 saturated heterocycles. The summed E-state index contributed by atoms with van der Waals surface area (Å²) in [6.07, 6.45) is 2.36. The van der Waals surface area contributed by atoms with Gasteiger partial charge in [-0.05, 0) is 53.6 Å². The Morgan fingerprint density at radius 1 is 1.35 bits per heavy atom. The highest BCUT2D eigenvalue weighted by Gasteiger charge is 2.26. The van der Waals surface area contributed by atoms with E-state index in [1.165, 1.54) is 25.0 Å². The number of benzene rings is 1. The third kappa shape index (κ3) is 1.97. The van der Waals surface area contributed by atoms with Gasteiger partial charge in [-0.1, -0.05) is 0 Å². The first-order valence-corrected chi connectivity index (χ1v) is 6.53. The van der Waals surface area contributed by atoms with Gasteiger partial charge in [0, 0.05) is 20.6 Å². The molecule has 0 bridgehead atoms. The van der Waals surface area contributed by atoms with E-state index in [1.807, 2.05) is 6.07 Å². The summed E-state index contributed by atoms with van der Waals surface area (Å²) in [5.41, 5.74) is 5.26. The van der Waals surface area contributed by atoms with Crippen LogP contribution in [-0.4, -0.2) is 4.98 Å². The molecule has 0 unspecified atom stereocenters. The monoisotopic (exact) mass is 343 g/mol. The van der Waals surface area contributed by atoms with Crippen LogP contribution >= 0.6 is 22.6 Å². The first kappa shape index (κ1) is 11.2. The number of rotatable bonds is 2. The van der Waals surface area contributed by atoms with Gasteiger partial charge >= 0.3 is 0 Å². The molecule has 3 nitrogen and oxygen atoms in total. The number of aromatic nitrogens is 1. The summed E-state index contributed by atoms with van der Waals surface area (Å²) in [7, 11) is 0. The smallest absolute Gasteiger partial charge is 0.125 e. The van der Waals surface area contributed by atoms with Gasteiger partial charge in [0.2, 0.25) is 0 Å². The summed E-state index contributed by atoms with van der Waals surface area (Å²) in [6.45, 7) is 0. The van der Waals surface area contributed by atoms with Gasteiger partial charge < -0.3 is 5.43 Å². The maximum absolute atomic E-state index is 13.4. The van der Waals surface area contributed by atoms with Crippen molar-refractivity contribution in [3.63, 3.8) is 0 Å². The predicted octanol–water partition coefficient (Wildman–Crippen LogP) is 3.14. The van der Waals surface area contributed by atoms with Crippen molar-refractivity contribution in [2.75, 3.05) is 5.43 Å². The predicted molar refractivity (Wildman–Crippen MR) is 74.2 cm³/mol. The number of nitrogens with zero attached hydrogens (tertiary/aromatic N) is 1. The van der Waals surface area contributed by atoms with Crippen molar-refractivity contribution >= 4 is 39.2 Å². The van der Waals surface area contributed by atoms with E-state index in [1.54, 1.807) is 0 Å². The number of nitrogens with two attached hydrogens (primary N) is 1. The molecule has 3 rings (SSSR count). The Labute approximate surface area is 112 Å². The summed E-state index contributed by atoms with van der Waals surface area (Å²) >= 11 is 2.11. The molecule has 1 aliphatic rings. The van der Waals surface area contributed by atoms with Gasteiger partial charge in [0.1, 0.15) is 5.82 Å². The second-order valence-corrected chi connectivity index (χ2v) is 5.46. The van der Waals surface area contributed by atoms with Crippen LogP contribution in [0.3, 0.4) is 0 Å². The van der Waals surface area contributed by atoms with Gasteiger partial charge in [0.15, 0.2) is 0 Å². The van der Waals surface area contributed by atoms with Crippen molar-refractivity contribution in [3.8, 4) is 0 Å². The molecule has 5 heteroatoms. The zero-order chi connectivity index (χ0) is 12.0. The first-order chi connectivity index (χ1) is 8.19. The van der Waals surface area contributed by atoms with Crippen LogP contribution in [0.1, 0.15) is 24.5 Å². The highest BCUT2D eigenvalue weighted by atomic mass is 127. The van der Waals surface area contributed by atoms with Gasteiger partial charge in [-0.25, -0.2) is 4.39 Å². The molecule has 88 valence electrons. The number of hydrogen-bond donors (Lipinski definition) is 2. The second-order valence-electron chi connectivity index (χ2n) is 4.30. The topological polar surface area (TPSA) is 50.9 Å². The highest BCUT2D eigenvalue weighted by Crippen LogP contribution is 2.41. The zero-order valence-corrected chi connectivity index (χ0v) is 11.2. The van der Waals surface area contributed by atoms with Crippen molar-refractivity contribution in [2.24, 2.45) is 5.84 Å². The lowest BCUT2D eigenvalue weighted by molar-refractivity contribution is 0.628. The minimum atomic E-state index is -0.264. The summed E-state index contributed by atoms with van der Waals surface area (Å²) < 4.78 is 14.2. The fourth-order valence-electron chi connectivity index (χ4n) is 1.98. The van der Waals surface area contributed by atoms with E-state index in [0.717, 1.165) is 25.9 Å².